The number of aryl methyl sites for hydroxylation is 1. The molecule has 0 aliphatic rings. The minimum atomic E-state index is -0.282. The summed E-state index contributed by atoms with van der Waals surface area (Å²) in [5.41, 5.74) is 1.84. The summed E-state index contributed by atoms with van der Waals surface area (Å²) in [6, 6.07) is 6.59. The summed E-state index contributed by atoms with van der Waals surface area (Å²) < 4.78 is 10.2. The van der Waals surface area contributed by atoms with Gasteiger partial charge in [0.05, 0.1) is 19.9 Å². The Bertz CT molecular complexity index is 674. The van der Waals surface area contributed by atoms with Crippen LogP contribution in [0.4, 0.5) is 5.69 Å². The first kappa shape index (κ1) is 15.1. The van der Waals surface area contributed by atoms with Crippen molar-refractivity contribution in [1.82, 2.24) is 4.98 Å². The number of carbonyl (C=O) groups is 1. The molecule has 1 aromatic carbocycles. The number of benzene rings is 1. The number of rotatable bonds is 4. The van der Waals surface area contributed by atoms with Gasteiger partial charge in [-0.2, -0.15) is 0 Å². The van der Waals surface area contributed by atoms with Gasteiger partial charge in [-0.05, 0) is 24.6 Å². The van der Waals surface area contributed by atoms with Crippen LogP contribution in [0.2, 0.25) is 5.02 Å². The third-order valence-electron chi connectivity index (χ3n) is 2.94. The van der Waals surface area contributed by atoms with Gasteiger partial charge in [0.15, 0.2) is 0 Å². The van der Waals surface area contributed by atoms with E-state index in [0.29, 0.717) is 27.9 Å². The summed E-state index contributed by atoms with van der Waals surface area (Å²) in [5, 5.41) is 3.37. The van der Waals surface area contributed by atoms with Crippen molar-refractivity contribution in [2.24, 2.45) is 0 Å². The minimum Gasteiger partial charge on any atom is -0.495 e. The largest absolute Gasteiger partial charge is 0.495 e. The average molecular weight is 307 g/mol. The summed E-state index contributed by atoms with van der Waals surface area (Å²) in [5.74, 6) is 0.595. The number of amides is 1. The molecule has 2 aromatic rings. The van der Waals surface area contributed by atoms with Crippen LogP contribution in [0.15, 0.2) is 30.5 Å². The fourth-order valence-corrected chi connectivity index (χ4v) is 1.94. The topological polar surface area (TPSA) is 60.5 Å². The molecule has 0 unspecified atom stereocenters. The van der Waals surface area contributed by atoms with Crippen LogP contribution in [0, 0.1) is 6.92 Å². The van der Waals surface area contributed by atoms with Crippen molar-refractivity contribution in [3.63, 3.8) is 0 Å². The third kappa shape index (κ3) is 3.44. The molecule has 0 saturated carbocycles. The number of pyridine rings is 1. The van der Waals surface area contributed by atoms with Crippen LogP contribution in [-0.4, -0.2) is 25.1 Å². The molecular weight excluding hydrogens is 292 g/mol. The molecule has 1 N–H and O–H groups in total. The summed E-state index contributed by atoms with van der Waals surface area (Å²) in [7, 11) is 3.02. The summed E-state index contributed by atoms with van der Waals surface area (Å²) in [4.78, 5) is 16.2. The molecule has 0 aliphatic heterocycles. The predicted molar refractivity (Wildman–Crippen MR) is 81.5 cm³/mol. The molecule has 0 bridgehead atoms. The highest BCUT2D eigenvalue weighted by atomic mass is 35.5. The van der Waals surface area contributed by atoms with E-state index in [1.807, 2.05) is 6.92 Å². The maximum Gasteiger partial charge on any atom is 0.256 e. The van der Waals surface area contributed by atoms with Crippen LogP contribution >= 0.6 is 11.6 Å². The lowest BCUT2D eigenvalue weighted by molar-refractivity contribution is 0.102. The maximum absolute atomic E-state index is 12.3. The number of ether oxygens (including phenoxy) is 2. The molecule has 5 nitrogen and oxygen atoms in total. The monoisotopic (exact) mass is 306 g/mol. The molecule has 0 saturated heterocycles. The molecule has 0 spiro atoms. The van der Waals surface area contributed by atoms with Crippen molar-refractivity contribution >= 4 is 23.2 Å². The van der Waals surface area contributed by atoms with Crippen LogP contribution in [0.25, 0.3) is 0 Å². The molecule has 0 atom stereocenters. The summed E-state index contributed by atoms with van der Waals surface area (Å²) in [6.45, 7) is 1.85. The molecule has 6 heteroatoms. The van der Waals surface area contributed by atoms with Crippen LogP contribution in [-0.2, 0) is 0 Å². The minimum absolute atomic E-state index is 0.282. The highest BCUT2D eigenvalue weighted by molar-refractivity contribution is 6.31. The van der Waals surface area contributed by atoms with Gasteiger partial charge in [-0.1, -0.05) is 11.6 Å². The van der Waals surface area contributed by atoms with Gasteiger partial charge in [0.2, 0.25) is 5.88 Å². The van der Waals surface area contributed by atoms with Crippen LogP contribution in [0.3, 0.4) is 0 Å². The standard InChI is InChI=1S/C15H15ClN2O3/c1-9-6-12(13(20-2)8-11(9)16)18-15(19)10-4-5-17-14(7-10)21-3/h4-8H,1-3H3,(H,18,19). The van der Waals surface area contributed by atoms with Crippen molar-refractivity contribution in [1.29, 1.82) is 0 Å². The normalized spacial score (nSPS) is 10.1. The van der Waals surface area contributed by atoms with Crippen molar-refractivity contribution < 1.29 is 14.3 Å². The molecule has 2 rings (SSSR count). The zero-order chi connectivity index (χ0) is 15.4. The number of aromatic nitrogens is 1. The molecule has 110 valence electrons. The molecule has 21 heavy (non-hydrogen) atoms. The Labute approximate surface area is 127 Å². The molecular formula is C15H15ClN2O3. The van der Waals surface area contributed by atoms with E-state index >= 15 is 0 Å². The lowest BCUT2D eigenvalue weighted by Gasteiger charge is -2.12. The number of carbonyl (C=O) groups excluding carboxylic acids is 1. The first-order valence-electron chi connectivity index (χ1n) is 6.20. The fraction of sp³-hybridized carbons (Fsp3) is 0.200. The highest BCUT2D eigenvalue weighted by Crippen LogP contribution is 2.31. The van der Waals surface area contributed by atoms with E-state index in [9.17, 15) is 4.79 Å². The number of nitrogens with zero attached hydrogens (tertiary/aromatic N) is 1. The molecule has 1 aromatic heterocycles. The van der Waals surface area contributed by atoms with Gasteiger partial charge in [0.25, 0.3) is 5.91 Å². The van der Waals surface area contributed by atoms with Gasteiger partial charge in [-0.15, -0.1) is 0 Å². The van der Waals surface area contributed by atoms with Crippen LogP contribution in [0.5, 0.6) is 11.6 Å². The van der Waals surface area contributed by atoms with Gasteiger partial charge < -0.3 is 14.8 Å². The van der Waals surface area contributed by atoms with Gasteiger partial charge in [-0.25, -0.2) is 4.98 Å². The second-order valence-corrected chi connectivity index (χ2v) is 4.75. The Morgan fingerprint density at radius 1 is 1.24 bits per heavy atom. The third-order valence-corrected chi connectivity index (χ3v) is 3.34. The first-order valence-corrected chi connectivity index (χ1v) is 6.58. The first-order chi connectivity index (χ1) is 10.0. The van der Waals surface area contributed by atoms with Crippen molar-refractivity contribution in [3.05, 3.63) is 46.6 Å². The Hall–Kier alpha value is -2.27. The van der Waals surface area contributed by atoms with Gasteiger partial charge in [0.1, 0.15) is 5.75 Å². The lowest BCUT2D eigenvalue weighted by atomic mass is 10.2. The second kappa shape index (κ2) is 6.45. The van der Waals surface area contributed by atoms with Crippen molar-refractivity contribution in [3.8, 4) is 11.6 Å². The number of hydrogen-bond acceptors (Lipinski definition) is 4. The van der Waals surface area contributed by atoms with Gasteiger partial charge >= 0.3 is 0 Å². The van der Waals surface area contributed by atoms with E-state index in [4.69, 9.17) is 21.1 Å². The van der Waals surface area contributed by atoms with Gasteiger partial charge in [-0.3, -0.25) is 4.79 Å². The number of nitrogens with one attached hydrogen (secondary N) is 1. The fourth-order valence-electron chi connectivity index (χ4n) is 1.79. The number of halogens is 1. The van der Waals surface area contributed by atoms with E-state index in [0.717, 1.165) is 5.56 Å². The Balaban J connectivity index is 2.28. The molecule has 0 radical (unpaired) electrons. The summed E-state index contributed by atoms with van der Waals surface area (Å²) >= 11 is 6.04. The van der Waals surface area contributed by atoms with Crippen LogP contribution < -0.4 is 14.8 Å². The smallest absolute Gasteiger partial charge is 0.256 e. The SMILES string of the molecule is COc1cc(C(=O)Nc2cc(C)c(Cl)cc2OC)ccn1. The molecule has 0 fully saturated rings. The predicted octanol–water partition coefficient (Wildman–Crippen LogP) is 3.31. The van der Waals surface area contributed by atoms with E-state index in [1.165, 1.54) is 20.4 Å². The Morgan fingerprint density at radius 3 is 2.67 bits per heavy atom. The number of anilines is 1. The molecule has 1 amide bonds. The number of methoxy groups -OCH3 is 2. The van der Waals surface area contributed by atoms with E-state index in [2.05, 4.69) is 10.3 Å². The quantitative estimate of drug-likeness (QED) is 0.941. The van der Waals surface area contributed by atoms with E-state index in [-0.39, 0.29) is 5.91 Å². The highest BCUT2D eigenvalue weighted by Gasteiger charge is 2.12. The van der Waals surface area contributed by atoms with Gasteiger partial charge in [0, 0.05) is 28.9 Å². The van der Waals surface area contributed by atoms with E-state index < -0.39 is 0 Å². The number of hydrogen-bond donors (Lipinski definition) is 1. The average Bonchev–Trinajstić information content (AvgIpc) is 2.50. The summed E-state index contributed by atoms with van der Waals surface area (Å²) in [6.07, 6.45) is 1.51. The zero-order valence-electron chi connectivity index (χ0n) is 11.9. The second-order valence-electron chi connectivity index (χ2n) is 4.34. The van der Waals surface area contributed by atoms with Crippen LogP contribution in [0.1, 0.15) is 15.9 Å². The van der Waals surface area contributed by atoms with E-state index in [1.54, 1.807) is 24.3 Å². The maximum atomic E-state index is 12.3. The Kier molecular flexibility index (Phi) is 4.65. The lowest BCUT2D eigenvalue weighted by Crippen LogP contribution is -2.13. The van der Waals surface area contributed by atoms with Crippen molar-refractivity contribution in [2.45, 2.75) is 6.92 Å². The zero-order valence-corrected chi connectivity index (χ0v) is 12.7. The molecule has 1 heterocycles. The Morgan fingerprint density at radius 2 is 2.00 bits per heavy atom. The molecule has 0 aliphatic carbocycles. The van der Waals surface area contributed by atoms with Crippen molar-refractivity contribution in [2.75, 3.05) is 19.5 Å².